The number of amides is 2. The Bertz CT molecular complexity index is 1020. The molecular formula is C22H26FN3O3. The molecule has 0 aliphatic heterocycles. The van der Waals surface area contributed by atoms with E-state index in [1.807, 2.05) is 6.92 Å². The smallest absolute Gasteiger partial charge is 0.294 e. The first-order valence-corrected chi connectivity index (χ1v) is 9.70. The number of hydrogen-bond donors (Lipinski definition) is 2. The van der Waals surface area contributed by atoms with E-state index in [0.717, 1.165) is 19.3 Å². The second-order valence-corrected chi connectivity index (χ2v) is 7.83. The van der Waals surface area contributed by atoms with Gasteiger partial charge < -0.3 is 15.2 Å². The van der Waals surface area contributed by atoms with Gasteiger partial charge >= 0.3 is 0 Å². The molecule has 3 rings (SSSR count). The molecule has 2 aromatic rings. The summed E-state index contributed by atoms with van der Waals surface area (Å²) in [6.07, 6.45) is 2.53. The molecule has 6 nitrogen and oxygen atoms in total. The van der Waals surface area contributed by atoms with Gasteiger partial charge in [-0.05, 0) is 69.4 Å². The summed E-state index contributed by atoms with van der Waals surface area (Å²) in [7, 11) is 1.66. The SMILES string of the molecule is CCC1(NC(=O)C(=O)c2c(C)c(C(=O)Nc3ccc(F)c(C)c3)c(C)n2C)CC1. The van der Waals surface area contributed by atoms with Crippen LogP contribution in [0.5, 0.6) is 0 Å². The summed E-state index contributed by atoms with van der Waals surface area (Å²) in [6.45, 7) is 6.98. The van der Waals surface area contributed by atoms with Crippen molar-refractivity contribution < 1.29 is 18.8 Å². The number of Topliss-reactive ketones (excluding diaryl/α,β-unsaturated/α-hetero) is 1. The van der Waals surface area contributed by atoms with E-state index in [0.29, 0.717) is 28.1 Å². The van der Waals surface area contributed by atoms with Gasteiger partial charge in [0, 0.05) is 24.0 Å². The second kappa shape index (κ2) is 7.46. The number of ketones is 1. The van der Waals surface area contributed by atoms with Gasteiger partial charge in [-0.25, -0.2) is 4.39 Å². The highest BCUT2D eigenvalue weighted by Gasteiger charge is 2.43. The van der Waals surface area contributed by atoms with Crippen LogP contribution >= 0.6 is 0 Å². The lowest BCUT2D eigenvalue weighted by atomic mass is 10.1. The molecule has 0 radical (unpaired) electrons. The van der Waals surface area contributed by atoms with Gasteiger partial charge in [-0.2, -0.15) is 0 Å². The summed E-state index contributed by atoms with van der Waals surface area (Å²) >= 11 is 0. The molecule has 1 heterocycles. The molecule has 1 aromatic carbocycles. The van der Waals surface area contributed by atoms with Crippen LogP contribution in [0.15, 0.2) is 18.2 Å². The van der Waals surface area contributed by atoms with Crippen molar-refractivity contribution in [3.05, 3.63) is 52.1 Å². The first-order chi connectivity index (χ1) is 13.6. The van der Waals surface area contributed by atoms with Crippen LogP contribution in [0.2, 0.25) is 0 Å². The number of aryl methyl sites for hydroxylation is 1. The van der Waals surface area contributed by atoms with Crippen LogP contribution in [0, 0.1) is 26.6 Å². The highest BCUT2D eigenvalue weighted by atomic mass is 19.1. The van der Waals surface area contributed by atoms with Crippen LogP contribution < -0.4 is 10.6 Å². The Morgan fingerprint density at radius 1 is 1.17 bits per heavy atom. The van der Waals surface area contributed by atoms with Gasteiger partial charge in [-0.3, -0.25) is 14.4 Å². The van der Waals surface area contributed by atoms with E-state index in [2.05, 4.69) is 10.6 Å². The maximum Gasteiger partial charge on any atom is 0.294 e. The number of halogens is 1. The van der Waals surface area contributed by atoms with Crippen molar-refractivity contribution in [1.29, 1.82) is 0 Å². The molecule has 29 heavy (non-hydrogen) atoms. The quantitative estimate of drug-likeness (QED) is 0.576. The number of anilines is 1. The normalized spacial score (nSPS) is 14.4. The zero-order valence-corrected chi connectivity index (χ0v) is 17.4. The average molecular weight is 399 g/mol. The fraction of sp³-hybridized carbons (Fsp3) is 0.409. The van der Waals surface area contributed by atoms with Gasteiger partial charge in [0.2, 0.25) is 0 Å². The van der Waals surface area contributed by atoms with E-state index in [1.165, 1.54) is 12.1 Å². The molecule has 0 unspecified atom stereocenters. The van der Waals surface area contributed by atoms with E-state index < -0.39 is 17.6 Å². The van der Waals surface area contributed by atoms with Crippen LogP contribution in [0.1, 0.15) is 63.9 Å². The van der Waals surface area contributed by atoms with Crippen molar-refractivity contribution in [3.63, 3.8) is 0 Å². The van der Waals surface area contributed by atoms with Crippen molar-refractivity contribution in [2.24, 2.45) is 7.05 Å². The first kappa shape index (κ1) is 20.8. The van der Waals surface area contributed by atoms with Gasteiger partial charge in [0.05, 0.1) is 11.3 Å². The van der Waals surface area contributed by atoms with Crippen LogP contribution in [-0.2, 0) is 11.8 Å². The lowest BCUT2D eigenvalue weighted by molar-refractivity contribution is -0.118. The predicted molar refractivity (Wildman–Crippen MR) is 109 cm³/mol. The Kier molecular flexibility index (Phi) is 5.34. The largest absolute Gasteiger partial charge is 0.344 e. The minimum Gasteiger partial charge on any atom is -0.344 e. The molecule has 154 valence electrons. The molecule has 0 spiro atoms. The van der Waals surface area contributed by atoms with Crippen LogP contribution in [0.3, 0.4) is 0 Å². The summed E-state index contributed by atoms with van der Waals surface area (Å²) in [5, 5.41) is 5.58. The fourth-order valence-corrected chi connectivity index (χ4v) is 3.67. The van der Waals surface area contributed by atoms with E-state index in [-0.39, 0.29) is 17.1 Å². The van der Waals surface area contributed by atoms with Gasteiger partial charge in [-0.1, -0.05) is 6.92 Å². The van der Waals surface area contributed by atoms with Crippen molar-refractivity contribution in [1.82, 2.24) is 9.88 Å². The Morgan fingerprint density at radius 3 is 2.38 bits per heavy atom. The van der Waals surface area contributed by atoms with E-state index in [9.17, 15) is 18.8 Å². The standard InChI is InChI=1S/C22H26FN3O3/c1-6-22(9-10-22)25-21(29)19(27)18-13(3)17(14(4)26(18)5)20(28)24-15-7-8-16(23)12(2)11-15/h7-8,11H,6,9-10H2,1-5H3,(H,24,28)(H,25,29). The van der Waals surface area contributed by atoms with E-state index in [4.69, 9.17) is 0 Å². The molecule has 0 bridgehead atoms. The monoisotopic (exact) mass is 399 g/mol. The highest BCUT2D eigenvalue weighted by Crippen LogP contribution is 2.38. The first-order valence-electron chi connectivity index (χ1n) is 9.70. The van der Waals surface area contributed by atoms with E-state index >= 15 is 0 Å². The molecule has 0 saturated heterocycles. The van der Waals surface area contributed by atoms with Gasteiger partial charge in [0.15, 0.2) is 0 Å². The third-order valence-corrected chi connectivity index (χ3v) is 5.90. The summed E-state index contributed by atoms with van der Waals surface area (Å²) in [5.74, 6) is -2.05. The minimum atomic E-state index is -0.649. The molecular weight excluding hydrogens is 373 g/mol. The molecule has 1 aliphatic rings. The maximum atomic E-state index is 13.5. The molecule has 1 fully saturated rings. The number of hydrogen-bond acceptors (Lipinski definition) is 3. The van der Waals surface area contributed by atoms with Crippen molar-refractivity contribution in [2.75, 3.05) is 5.32 Å². The Morgan fingerprint density at radius 2 is 1.83 bits per heavy atom. The third-order valence-electron chi connectivity index (χ3n) is 5.90. The zero-order valence-electron chi connectivity index (χ0n) is 17.4. The van der Waals surface area contributed by atoms with Crippen molar-refractivity contribution in [3.8, 4) is 0 Å². The number of rotatable bonds is 6. The van der Waals surface area contributed by atoms with Crippen molar-refractivity contribution in [2.45, 2.75) is 52.5 Å². The molecule has 1 aromatic heterocycles. The minimum absolute atomic E-state index is 0.201. The fourth-order valence-electron chi connectivity index (χ4n) is 3.67. The van der Waals surface area contributed by atoms with Gasteiger partial charge in [0.25, 0.3) is 17.6 Å². The van der Waals surface area contributed by atoms with Crippen LogP contribution in [0.4, 0.5) is 10.1 Å². The number of carbonyl (C=O) groups excluding carboxylic acids is 3. The summed E-state index contributed by atoms with van der Waals surface area (Å²) in [4.78, 5) is 38.2. The van der Waals surface area contributed by atoms with Crippen molar-refractivity contribution >= 4 is 23.3 Å². The Hall–Kier alpha value is -2.96. The van der Waals surface area contributed by atoms with Gasteiger partial charge in [0.1, 0.15) is 5.82 Å². The van der Waals surface area contributed by atoms with Crippen LogP contribution in [0.25, 0.3) is 0 Å². The average Bonchev–Trinajstić information content (AvgIpc) is 3.40. The summed E-state index contributed by atoms with van der Waals surface area (Å²) in [5.41, 5.74) is 2.17. The molecule has 0 atom stereocenters. The van der Waals surface area contributed by atoms with Crippen LogP contribution in [-0.4, -0.2) is 27.7 Å². The topological polar surface area (TPSA) is 80.2 Å². The third kappa shape index (κ3) is 3.81. The Labute approximate surface area is 169 Å². The number of carbonyl (C=O) groups is 3. The number of aromatic nitrogens is 1. The number of nitrogens with zero attached hydrogens (tertiary/aromatic N) is 1. The number of benzene rings is 1. The molecule has 2 N–H and O–H groups in total. The summed E-state index contributed by atoms with van der Waals surface area (Å²) in [6, 6.07) is 4.31. The lowest BCUT2D eigenvalue weighted by Crippen LogP contribution is -2.41. The van der Waals surface area contributed by atoms with E-state index in [1.54, 1.807) is 38.5 Å². The maximum absolute atomic E-state index is 13.5. The molecule has 1 saturated carbocycles. The van der Waals surface area contributed by atoms with Gasteiger partial charge in [-0.15, -0.1) is 0 Å². The molecule has 7 heteroatoms. The number of nitrogens with one attached hydrogen (secondary N) is 2. The Balaban J connectivity index is 1.87. The summed E-state index contributed by atoms with van der Waals surface area (Å²) < 4.78 is 15.0. The zero-order chi connectivity index (χ0) is 21.5. The molecule has 1 aliphatic carbocycles. The second-order valence-electron chi connectivity index (χ2n) is 7.83. The predicted octanol–water partition coefficient (Wildman–Crippen LogP) is 3.58. The lowest BCUT2D eigenvalue weighted by Gasteiger charge is -2.14. The highest BCUT2D eigenvalue weighted by molar-refractivity contribution is 6.43. The molecule has 2 amide bonds.